The van der Waals surface area contributed by atoms with Crippen molar-refractivity contribution in [1.29, 1.82) is 0 Å². The molecule has 2 aliphatic heterocycles. The summed E-state index contributed by atoms with van der Waals surface area (Å²) < 4.78 is 0. The Hall–Kier alpha value is -1.41. The minimum atomic E-state index is 0. The maximum atomic E-state index is 7.75. The number of nitroso groups, excluding NO2 is 1. The van der Waals surface area contributed by atoms with E-state index in [4.69, 9.17) is 15.3 Å². The van der Waals surface area contributed by atoms with Crippen LogP contribution in [0.1, 0.15) is 40.0 Å². The van der Waals surface area contributed by atoms with Gasteiger partial charge in [0.1, 0.15) is 0 Å². The normalized spacial score (nSPS) is 13.9. The number of hydrogen-bond acceptors (Lipinski definition) is 6. The maximum absolute atomic E-state index is 7.75. The summed E-state index contributed by atoms with van der Waals surface area (Å²) in [5.41, 5.74) is 5.75. The Morgan fingerprint density at radius 3 is 1.83 bits per heavy atom. The number of nitrogens with zero attached hydrogens (tertiary/aromatic N) is 5. The van der Waals surface area contributed by atoms with Crippen LogP contribution < -0.4 is 0 Å². The van der Waals surface area contributed by atoms with Gasteiger partial charge in [0.15, 0.2) is 0 Å². The molecule has 143 valence electrons. The van der Waals surface area contributed by atoms with Gasteiger partial charge in [0.25, 0.3) is 0 Å². The van der Waals surface area contributed by atoms with Gasteiger partial charge in [-0.25, -0.2) is 0 Å². The van der Waals surface area contributed by atoms with Crippen molar-refractivity contribution >= 4 is 13.1 Å². The fraction of sp³-hybridized carbons (Fsp3) is 0.688. The van der Waals surface area contributed by atoms with Gasteiger partial charge in [-0.1, -0.05) is 20.8 Å². The second kappa shape index (κ2) is 21.6. The average Bonchev–Trinajstić information content (AvgIpc) is 3.25. The molecule has 0 aromatic heterocycles. The third kappa shape index (κ3) is 14.2. The minimum absolute atomic E-state index is 0. The quantitative estimate of drug-likeness (QED) is 0.521. The Bertz CT molecular complexity index is 303. The Morgan fingerprint density at radius 2 is 1.50 bits per heavy atom. The van der Waals surface area contributed by atoms with E-state index in [1.54, 1.807) is 0 Å². The summed E-state index contributed by atoms with van der Waals surface area (Å²) in [6, 6.07) is 0. The van der Waals surface area contributed by atoms with Crippen LogP contribution in [-0.4, -0.2) is 60.6 Å². The second-order valence-corrected chi connectivity index (χ2v) is 4.86. The minimum Gasteiger partial charge on any atom is -0.577 e. The molecule has 0 N–H and O–H groups in total. The molecule has 7 nitrogen and oxygen atoms in total. The summed E-state index contributed by atoms with van der Waals surface area (Å²) in [5.74, 6) is 0. The van der Waals surface area contributed by atoms with Crippen molar-refractivity contribution in [2.45, 2.75) is 40.0 Å². The molecule has 2 heterocycles. The van der Waals surface area contributed by atoms with E-state index in [1.165, 1.54) is 19.3 Å². The number of aliphatic imine (C=N–C) groups is 1. The Kier molecular flexibility index (Phi) is 24.7. The van der Waals surface area contributed by atoms with Gasteiger partial charge in [0.2, 0.25) is 0 Å². The van der Waals surface area contributed by atoms with Gasteiger partial charge in [0, 0.05) is 29.9 Å². The molecule has 0 saturated heterocycles. The Balaban J connectivity index is -0.000000302. The SMILES string of the molecule is CCCN1C=CN(CCC)[CH-]1.CCCN1[C-]=NCC1.[CH-]=O.[Co].[N-]=O. The molecule has 0 fully saturated rings. The van der Waals surface area contributed by atoms with E-state index >= 15 is 0 Å². The van der Waals surface area contributed by atoms with Gasteiger partial charge in [0.05, 0.1) is 0 Å². The third-order valence-corrected chi connectivity index (χ3v) is 2.90. The molecule has 24 heavy (non-hydrogen) atoms. The van der Waals surface area contributed by atoms with Crippen LogP contribution in [0, 0.1) is 11.6 Å². The van der Waals surface area contributed by atoms with Crippen molar-refractivity contribution in [3.8, 4) is 0 Å². The average molecular weight is 382 g/mol. The zero-order chi connectivity index (χ0) is 17.9. The van der Waals surface area contributed by atoms with E-state index in [9.17, 15) is 0 Å². The monoisotopic (exact) mass is 382 g/mol. The first-order chi connectivity index (χ1) is 11.3. The van der Waals surface area contributed by atoms with Crippen LogP contribution in [0.2, 0.25) is 0 Å². The molecule has 2 aliphatic rings. The largest absolute Gasteiger partial charge is 0.577 e. The van der Waals surface area contributed by atoms with Crippen molar-refractivity contribution in [2.75, 3.05) is 32.7 Å². The van der Waals surface area contributed by atoms with E-state index in [0.717, 1.165) is 32.7 Å². The first-order valence-electron chi connectivity index (χ1n) is 7.93. The molecule has 8 heteroatoms. The van der Waals surface area contributed by atoms with Crippen molar-refractivity contribution < 1.29 is 21.6 Å². The molecule has 0 unspecified atom stereocenters. The first-order valence-corrected chi connectivity index (χ1v) is 7.93. The molecule has 0 aromatic carbocycles. The fourth-order valence-electron chi connectivity index (χ4n) is 2.02. The van der Waals surface area contributed by atoms with E-state index in [1.807, 2.05) is 0 Å². The standard InChI is InChI=1S/C9H17N2.C6H11N2.CHO.Co.NO/c1-3-5-10-7-8-11(9-10)6-4-2;1-2-4-8-5-3-7-6-8;1-2;;1-2/h7-9H,3-6H2,1-2H3;2-5H2,1H3;1H;;/q3*-1;;-1. The van der Waals surface area contributed by atoms with Gasteiger partial charge in [-0.15, -0.1) is 0 Å². The first kappa shape index (κ1) is 27.4. The van der Waals surface area contributed by atoms with Crippen molar-refractivity contribution in [1.82, 2.24) is 14.7 Å². The molecule has 0 amide bonds. The molecular weight excluding hydrogens is 353 g/mol. The molecular formula is C16H29CoN5O2-4. The molecule has 0 aliphatic carbocycles. The second-order valence-electron chi connectivity index (χ2n) is 4.86. The van der Waals surface area contributed by atoms with Crippen LogP contribution in [0.15, 0.2) is 17.4 Å². The molecule has 0 spiro atoms. The number of carbonyl (C=O) groups excluding carboxylic acids is 1. The van der Waals surface area contributed by atoms with Crippen LogP contribution in [-0.2, 0) is 21.6 Å². The summed E-state index contributed by atoms with van der Waals surface area (Å²) >= 11 is 0. The van der Waals surface area contributed by atoms with E-state index in [2.05, 4.69) is 72.7 Å². The Labute approximate surface area is 157 Å². The molecule has 0 aromatic rings. The van der Waals surface area contributed by atoms with Gasteiger partial charge < -0.3 is 35.0 Å². The Morgan fingerprint density at radius 1 is 1.04 bits per heavy atom. The third-order valence-electron chi connectivity index (χ3n) is 2.90. The maximum Gasteiger partial charge on any atom is 0.0166 e. The molecule has 0 atom stereocenters. The van der Waals surface area contributed by atoms with Gasteiger partial charge in [-0.05, 0) is 51.3 Å². The topological polar surface area (TPSA) is 78.5 Å². The molecule has 1 radical (unpaired) electrons. The van der Waals surface area contributed by atoms with Crippen molar-refractivity contribution in [3.63, 3.8) is 0 Å². The van der Waals surface area contributed by atoms with Crippen molar-refractivity contribution in [2.24, 2.45) is 4.99 Å². The van der Waals surface area contributed by atoms with Gasteiger partial charge in [-0.3, -0.25) is 13.1 Å². The molecule has 0 bridgehead atoms. The summed E-state index contributed by atoms with van der Waals surface area (Å²) in [5, 5.41) is 0. The van der Waals surface area contributed by atoms with E-state index < -0.39 is 0 Å². The summed E-state index contributed by atoms with van der Waals surface area (Å²) in [4.78, 5) is 25.5. The zero-order valence-corrected chi connectivity index (χ0v) is 15.9. The van der Waals surface area contributed by atoms with Crippen LogP contribution in [0.4, 0.5) is 0 Å². The predicted octanol–water partition coefficient (Wildman–Crippen LogP) is 2.68. The summed E-state index contributed by atoms with van der Waals surface area (Å²) in [6.45, 7) is 17.4. The fourth-order valence-corrected chi connectivity index (χ4v) is 2.02. The van der Waals surface area contributed by atoms with E-state index in [0.29, 0.717) is 0 Å². The van der Waals surface area contributed by atoms with E-state index in [-0.39, 0.29) is 16.8 Å². The van der Waals surface area contributed by atoms with Crippen molar-refractivity contribution in [3.05, 3.63) is 29.6 Å². The van der Waals surface area contributed by atoms with Gasteiger partial charge in [-0.2, -0.15) is 6.67 Å². The van der Waals surface area contributed by atoms with Gasteiger partial charge >= 0.3 is 0 Å². The summed E-state index contributed by atoms with van der Waals surface area (Å²) in [7, 11) is 0. The van der Waals surface area contributed by atoms with Crippen LogP contribution in [0.25, 0.3) is 5.59 Å². The van der Waals surface area contributed by atoms with Crippen LogP contribution in [0.5, 0.6) is 0 Å². The number of rotatable bonds is 6. The smallest absolute Gasteiger partial charge is 0.0166 e. The molecule has 0 saturated carbocycles. The van der Waals surface area contributed by atoms with Crippen LogP contribution in [0.3, 0.4) is 0 Å². The van der Waals surface area contributed by atoms with Crippen LogP contribution >= 0.6 is 0 Å². The number of hydrogen-bond donors (Lipinski definition) is 0. The zero-order valence-electron chi connectivity index (χ0n) is 14.9. The molecule has 2 rings (SSSR count). The predicted molar refractivity (Wildman–Crippen MR) is 95.1 cm³/mol. The summed E-state index contributed by atoms with van der Waals surface area (Å²) in [6.07, 6.45) is 10.8.